The van der Waals surface area contributed by atoms with E-state index in [4.69, 9.17) is 0 Å². The maximum absolute atomic E-state index is 12.7. The molecule has 2 heterocycles. The van der Waals surface area contributed by atoms with Crippen molar-refractivity contribution in [1.29, 1.82) is 0 Å². The molecular formula is C21H34N4O. The van der Waals surface area contributed by atoms with E-state index in [-0.39, 0.29) is 22.8 Å². The zero-order valence-corrected chi connectivity index (χ0v) is 16.9. The zero-order valence-electron chi connectivity index (χ0n) is 16.9. The van der Waals surface area contributed by atoms with E-state index in [9.17, 15) is 4.79 Å². The quantitative estimate of drug-likeness (QED) is 0.849. The Balaban J connectivity index is 1.59. The molecule has 0 bridgehead atoms. The molecule has 0 atom stereocenters. The van der Waals surface area contributed by atoms with Crippen molar-refractivity contribution in [3.63, 3.8) is 0 Å². The number of nitrogens with one attached hydrogen (secondary N) is 2. The molecule has 5 heteroatoms. The van der Waals surface area contributed by atoms with E-state index >= 15 is 0 Å². The molecule has 1 saturated heterocycles. The van der Waals surface area contributed by atoms with Gasteiger partial charge in [0.15, 0.2) is 0 Å². The van der Waals surface area contributed by atoms with Crippen molar-refractivity contribution in [3.8, 4) is 0 Å². The van der Waals surface area contributed by atoms with Gasteiger partial charge in [0.05, 0.1) is 5.56 Å². The van der Waals surface area contributed by atoms with E-state index in [1.165, 1.54) is 12.8 Å². The van der Waals surface area contributed by atoms with Crippen molar-refractivity contribution in [2.24, 2.45) is 16.7 Å². The lowest BCUT2D eigenvalue weighted by atomic mass is 9.52. The molecule has 2 fully saturated rings. The first kappa shape index (κ1) is 19.2. The molecule has 2 N–H and O–H groups in total. The van der Waals surface area contributed by atoms with Gasteiger partial charge in [0, 0.05) is 25.3 Å². The third kappa shape index (κ3) is 3.88. The second-order valence-corrected chi connectivity index (χ2v) is 9.45. The van der Waals surface area contributed by atoms with Crippen molar-refractivity contribution in [1.82, 2.24) is 15.6 Å². The number of amides is 1. The van der Waals surface area contributed by atoms with Crippen molar-refractivity contribution in [2.45, 2.75) is 53.0 Å². The van der Waals surface area contributed by atoms with Crippen molar-refractivity contribution in [3.05, 3.63) is 23.9 Å². The zero-order chi connectivity index (χ0) is 18.9. The van der Waals surface area contributed by atoms with Gasteiger partial charge in [0.25, 0.3) is 5.91 Å². The highest BCUT2D eigenvalue weighted by Crippen LogP contribution is 2.53. The van der Waals surface area contributed by atoms with Gasteiger partial charge in [-0.3, -0.25) is 4.79 Å². The predicted octanol–water partition coefficient (Wildman–Crippen LogP) is 3.07. The standard InChI is InChI=1S/C21H34N4O/c1-20(2)14-21(3,4)19(20)24-18(26)16-6-7-17(23-13-16)25-10-8-15(9-11-25)12-22-5/h6-7,13,15,19,22H,8-12,14H2,1-5H3,(H,24,26). The number of hydrogen-bond acceptors (Lipinski definition) is 4. The molecule has 1 aromatic heterocycles. The number of pyridine rings is 1. The maximum atomic E-state index is 12.7. The van der Waals surface area contributed by atoms with Crippen LogP contribution in [-0.2, 0) is 0 Å². The van der Waals surface area contributed by atoms with E-state index in [1.807, 2.05) is 19.2 Å². The first-order valence-electron chi connectivity index (χ1n) is 9.89. The Hall–Kier alpha value is -1.62. The maximum Gasteiger partial charge on any atom is 0.253 e. The molecule has 0 spiro atoms. The molecule has 1 aromatic rings. The molecule has 0 aromatic carbocycles. The van der Waals surface area contributed by atoms with E-state index in [0.717, 1.165) is 37.8 Å². The fourth-order valence-corrected chi connectivity index (χ4v) is 5.27. The minimum Gasteiger partial charge on any atom is -0.357 e. The summed E-state index contributed by atoms with van der Waals surface area (Å²) in [4.78, 5) is 19.5. The summed E-state index contributed by atoms with van der Waals surface area (Å²) in [5, 5.41) is 6.50. The Morgan fingerprint density at radius 3 is 2.35 bits per heavy atom. The third-order valence-electron chi connectivity index (χ3n) is 6.19. The van der Waals surface area contributed by atoms with E-state index in [2.05, 4.69) is 48.2 Å². The number of hydrogen-bond donors (Lipinski definition) is 2. The Bertz CT molecular complexity index is 616. The van der Waals surface area contributed by atoms with E-state index in [1.54, 1.807) is 6.20 Å². The minimum atomic E-state index is -0.0115. The van der Waals surface area contributed by atoms with Crippen LogP contribution in [0.1, 0.15) is 57.3 Å². The molecule has 1 saturated carbocycles. The average molecular weight is 359 g/mol. The molecule has 0 radical (unpaired) electrons. The van der Waals surface area contributed by atoms with Gasteiger partial charge in [-0.05, 0) is 61.7 Å². The average Bonchev–Trinajstić information content (AvgIpc) is 2.59. The van der Waals surface area contributed by atoms with Crippen LogP contribution in [0.3, 0.4) is 0 Å². The van der Waals surface area contributed by atoms with Crippen LogP contribution >= 0.6 is 0 Å². The third-order valence-corrected chi connectivity index (χ3v) is 6.19. The van der Waals surface area contributed by atoms with Gasteiger partial charge in [-0.1, -0.05) is 27.7 Å². The first-order valence-corrected chi connectivity index (χ1v) is 9.89. The smallest absolute Gasteiger partial charge is 0.253 e. The normalized spacial score (nSPS) is 22.7. The highest BCUT2D eigenvalue weighted by Gasteiger charge is 2.53. The summed E-state index contributed by atoms with van der Waals surface area (Å²) in [5.41, 5.74) is 0.964. The topological polar surface area (TPSA) is 57.3 Å². The van der Waals surface area contributed by atoms with Gasteiger partial charge in [-0.15, -0.1) is 0 Å². The Labute approximate surface area is 157 Å². The summed E-state index contributed by atoms with van der Waals surface area (Å²) in [6.45, 7) is 12.1. The molecule has 3 rings (SSSR count). The fraction of sp³-hybridized carbons (Fsp3) is 0.714. The van der Waals surface area contributed by atoms with Gasteiger partial charge < -0.3 is 15.5 Å². The molecule has 26 heavy (non-hydrogen) atoms. The van der Waals surface area contributed by atoms with Crippen molar-refractivity contribution < 1.29 is 4.79 Å². The Morgan fingerprint density at radius 2 is 1.85 bits per heavy atom. The lowest BCUT2D eigenvalue weighted by Gasteiger charge is -2.57. The van der Waals surface area contributed by atoms with Crippen LogP contribution in [0.25, 0.3) is 0 Å². The highest BCUT2D eigenvalue weighted by molar-refractivity contribution is 5.94. The second kappa shape index (κ2) is 7.18. The molecular weight excluding hydrogens is 324 g/mol. The van der Waals surface area contributed by atoms with Crippen LogP contribution in [0, 0.1) is 16.7 Å². The summed E-state index contributed by atoms with van der Waals surface area (Å²) in [6.07, 6.45) is 5.24. The van der Waals surface area contributed by atoms with Crippen LogP contribution < -0.4 is 15.5 Å². The summed E-state index contributed by atoms with van der Waals surface area (Å²) in [5.74, 6) is 1.73. The number of carbonyl (C=O) groups excluding carboxylic acids is 1. The monoisotopic (exact) mass is 358 g/mol. The number of piperidine rings is 1. The largest absolute Gasteiger partial charge is 0.357 e. The molecule has 1 aliphatic carbocycles. The SMILES string of the molecule is CNCC1CCN(c2ccc(C(=O)NC3C(C)(C)CC3(C)C)cn2)CC1. The fourth-order valence-electron chi connectivity index (χ4n) is 5.27. The first-order chi connectivity index (χ1) is 12.2. The predicted molar refractivity (Wildman–Crippen MR) is 107 cm³/mol. The number of nitrogens with zero attached hydrogens (tertiary/aromatic N) is 2. The molecule has 2 aliphatic rings. The summed E-state index contributed by atoms with van der Waals surface area (Å²) < 4.78 is 0. The summed E-state index contributed by atoms with van der Waals surface area (Å²) in [6, 6.07) is 4.11. The van der Waals surface area contributed by atoms with Crippen LogP contribution in [0.5, 0.6) is 0 Å². The van der Waals surface area contributed by atoms with Crippen LogP contribution in [0.15, 0.2) is 18.3 Å². The number of carbonyl (C=O) groups is 1. The van der Waals surface area contributed by atoms with Gasteiger partial charge in [0.1, 0.15) is 5.82 Å². The van der Waals surface area contributed by atoms with Gasteiger partial charge in [0.2, 0.25) is 0 Å². The lowest BCUT2D eigenvalue weighted by Crippen LogP contribution is -2.63. The minimum absolute atomic E-state index is 0.0115. The van der Waals surface area contributed by atoms with Gasteiger partial charge >= 0.3 is 0 Å². The Morgan fingerprint density at radius 1 is 1.19 bits per heavy atom. The number of rotatable bonds is 5. The number of aromatic nitrogens is 1. The van der Waals surface area contributed by atoms with Crippen LogP contribution in [0.4, 0.5) is 5.82 Å². The van der Waals surface area contributed by atoms with Gasteiger partial charge in [-0.25, -0.2) is 4.98 Å². The molecule has 5 nitrogen and oxygen atoms in total. The Kier molecular flexibility index (Phi) is 5.29. The van der Waals surface area contributed by atoms with Crippen molar-refractivity contribution in [2.75, 3.05) is 31.6 Å². The van der Waals surface area contributed by atoms with E-state index < -0.39 is 0 Å². The lowest BCUT2D eigenvalue weighted by molar-refractivity contribution is -0.0366. The number of anilines is 1. The highest BCUT2D eigenvalue weighted by atomic mass is 16.1. The van der Waals surface area contributed by atoms with Crippen LogP contribution in [-0.4, -0.2) is 43.6 Å². The summed E-state index contributed by atoms with van der Waals surface area (Å²) >= 11 is 0. The molecule has 144 valence electrons. The van der Waals surface area contributed by atoms with Gasteiger partial charge in [-0.2, -0.15) is 0 Å². The molecule has 1 amide bonds. The molecule has 0 unspecified atom stereocenters. The molecule has 1 aliphatic heterocycles. The van der Waals surface area contributed by atoms with E-state index in [0.29, 0.717) is 5.56 Å². The summed E-state index contributed by atoms with van der Waals surface area (Å²) in [7, 11) is 2.02. The van der Waals surface area contributed by atoms with Crippen LogP contribution in [0.2, 0.25) is 0 Å². The van der Waals surface area contributed by atoms with Crippen molar-refractivity contribution >= 4 is 11.7 Å². The second-order valence-electron chi connectivity index (χ2n) is 9.45.